The maximum absolute atomic E-state index is 5.94. The van der Waals surface area contributed by atoms with Crippen molar-refractivity contribution in [1.82, 2.24) is 9.97 Å². The van der Waals surface area contributed by atoms with Crippen molar-refractivity contribution in [3.8, 4) is 0 Å². The molecule has 21 heavy (non-hydrogen) atoms. The lowest BCUT2D eigenvalue weighted by Crippen LogP contribution is -2.07. The minimum Gasteiger partial charge on any atom is -0.375 e. The van der Waals surface area contributed by atoms with E-state index in [1.54, 1.807) is 19.4 Å². The van der Waals surface area contributed by atoms with Crippen LogP contribution in [0.5, 0.6) is 0 Å². The second-order valence-corrected chi connectivity index (χ2v) is 4.75. The van der Waals surface area contributed by atoms with Crippen molar-refractivity contribution in [2.45, 2.75) is 32.8 Å². The number of hydrogen-bond acceptors (Lipinski definition) is 6. The normalized spacial score (nSPS) is 12.2. The lowest BCUT2D eigenvalue weighted by molar-refractivity contribution is 0.114. The molecule has 0 saturated heterocycles. The molecule has 1 aromatic heterocycles. The predicted octanol–water partition coefficient (Wildman–Crippen LogP) is 3.06. The lowest BCUT2D eigenvalue weighted by Gasteiger charge is -2.07. The summed E-state index contributed by atoms with van der Waals surface area (Å²) in [5.74, 6) is 0. The molecule has 7 heteroatoms. The molecule has 0 amide bonds. The summed E-state index contributed by atoms with van der Waals surface area (Å²) in [4.78, 5) is 12.5. The molecular formula is C14H22ClN5O. The van der Waals surface area contributed by atoms with Crippen molar-refractivity contribution in [3.05, 3.63) is 23.8 Å². The second kappa shape index (κ2) is 11.3. The number of rotatable bonds is 10. The largest absolute Gasteiger partial charge is 0.375 e. The highest BCUT2D eigenvalue weighted by Gasteiger charge is 2.07. The van der Waals surface area contributed by atoms with E-state index in [2.05, 4.69) is 25.2 Å². The fraction of sp³-hybridized carbons (Fsp3) is 0.643. The zero-order valence-corrected chi connectivity index (χ0v) is 13.4. The highest BCUT2D eigenvalue weighted by Crippen LogP contribution is 2.07. The maximum Gasteiger partial charge on any atom is 0.106 e. The standard InChI is InChI=1S/C14H22ClN5O/c1-3-19-20-6-4-5-9-21-11-13-12(10-14(15)16-2)17-7-8-18-13/h7-8H,3-6,9-11H2,1-2H3. The molecule has 0 aliphatic carbocycles. The number of unbranched alkanes of at least 4 members (excludes halogenated alkanes) is 1. The van der Waals surface area contributed by atoms with Crippen molar-refractivity contribution >= 4 is 16.8 Å². The van der Waals surface area contributed by atoms with Crippen LogP contribution in [0.2, 0.25) is 0 Å². The third kappa shape index (κ3) is 7.82. The number of azo groups is 1. The smallest absolute Gasteiger partial charge is 0.106 e. The van der Waals surface area contributed by atoms with Gasteiger partial charge in [0.05, 0.1) is 31.1 Å². The first-order valence-corrected chi connectivity index (χ1v) is 7.46. The van der Waals surface area contributed by atoms with Crippen LogP contribution in [0.15, 0.2) is 27.6 Å². The molecule has 0 fully saturated rings. The van der Waals surface area contributed by atoms with Gasteiger partial charge in [-0.1, -0.05) is 11.6 Å². The van der Waals surface area contributed by atoms with Gasteiger partial charge >= 0.3 is 0 Å². The topological polar surface area (TPSA) is 72.1 Å². The lowest BCUT2D eigenvalue weighted by atomic mass is 10.2. The van der Waals surface area contributed by atoms with E-state index in [0.717, 1.165) is 37.3 Å². The van der Waals surface area contributed by atoms with Crippen molar-refractivity contribution < 1.29 is 4.74 Å². The summed E-state index contributed by atoms with van der Waals surface area (Å²) in [5, 5.41) is 8.46. The number of aliphatic imine (C=N–C) groups is 1. The van der Waals surface area contributed by atoms with Crippen molar-refractivity contribution in [2.24, 2.45) is 15.2 Å². The van der Waals surface area contributed by atoms with E-state index >= 15 is 0 Å². The van der Waals surface area contributed by atoms with Crippen molar-refractivity contribution in [3.63, 3.8) is 0 Å². The van der Waals surface area contributed by atoms with Gasteiger partial charge in [0.15, 0.2) is 0 Å². The summed E-state index contributed by atoms with van der Waals surface area (Å²) >= 11 is 5.94. The van der Waals surface area contributed by atoms with Crippen LogP contribution in [-0.4, -0.2) is 41.9 Å². The Morgan fingerprint density at radius 2 is 1.95 bits per heavy atom. The number of hydrogen-bond donors (Lipinski definition) is 0. The maximum atomic E-state index is 5.94. The van der Waals surface area contributed by atoms with E-state index in [0.29, 0.717) is 24.8 Å². The summed E-state index contributed by atoms with van der Waals surface area (Å²) < 4.78 is 5.62. The molecule has 0 atom stereocenters. The number of ether oxygens (including phenoxy) is 1. The van der Waals surface area contributed by atoms with Crippen molar-refractivity contribution in [1.29, 1.82) is 0 Å². The fourth-order valence-electron chi connectivity index (χ4n) is 1.61. The van der Waals surface area contributed by atoms with Gasteiger partial charge in [-0.05, 0) is 19.8 Å². The van der Waals surface area contributed by atoms with Gasteiger partial charge in [0.2, 0.25) is 0 Å². The molecule has 0 aromatic carbocycles. The molecule has 0 unspecified atom stereocenters. The Hall–Kier alpha value is -1.40. The molecule has 1 heterocycles. The average molecular weight is 312 g/mol. The van der Waals surface area contributed by atoms with Crippen LogP contribution >= 0.6 is 11.6 Å². The van der Waals surface area contributed by atoms with Gasteiger partial charge in [-0.15, -0.1) is 0 Å². The molecule has 1 aromatic rings. The molecule has 0 aliphatic heterocycles. The molecule has 0 bridgehead atoms. The van der Waals surface area contributed by atoms with E-state index in [1.807, 2.05) is 6.92 Å². The molecule has 116 valence electrons. The third-order valence-corrected chi connectivity index (χ3v) is 3.00. The van der Waals surface area contributed by atoms with E-state index in [9.17, 15) is 0 Å². The molecule has 0 N–H and O–H groups in total. The van der Waals surface area contributed by atoms with Crippen LogP contribution in [0.3, 0.4) is 0 Å². The van der Waals surface area contributed by atoms with E-state index < -0.39 is 0 Å². The first kappa shape index (κ1) is 17.7. The fourth-order valence-corrected chi connectivity index (χ4v) is 1.73. The van der Waals surface area contributed by atoms with Gasteiger partial charge in [-0.3, -0.25) is 15.0 Å². The highest BCUT2D eigenvalue weighted by molar-refractivity contribution is 6.65. The summed E-state index contributed by atoms with van der Waals surface area (Å²) in [5.41, 5.74) is 1.62. The summed E-state index contributed by atoms with van der Waals surface area (Å²) in [6.45, 7) is 4.59. The SMILES string of the molecule is CCN=NCCCCOCc1nccnc1CC(Cl)=NC. The average Bonchev–Trinajstić information content (AvgIpc) is 2.51. The van der Waals surface area contributed by atoms with Crippen LogP contribution in [-0.2, 0) is 17.8 Å². The Morgan fingerprint density at radius 3 is 2.67 bits per heavy atom. The monoisotopic (exact) mass is 311 g/mol. The Bertz CT molecular complexity index is 464. The third-order valence-electron chi connectivity index (χ3n) is 2.69. The zero-order valence-electron chi connectivity index (χ0n) is 12.6. The van der Waals surface area contributed by atoms with Crippen LogP contribution in [0.1, 0.15) is 31.2 Å². The summed E-state index contributed by atoms with van der Waals surface area (Å²) in [7, 11) is 1.66. The second-order valence-electron chi connectivity index (χ2n) is 4.31. The number of aromatic nitrogens is 2. The van der Waals surface area contributed by atoms with Crippen LogP contribution < -0.4 is 0 Å². The van der Waals surface area contributed by atoms with Gasteiger partial charge < -0.3 is 4.74 Å². The minimum absolute atomic E-state index is 0.438. The first-order valence-electron chi connectivity index (χ1n) is 7.08. The summed E-state index contributed by atoms with van der Waals surface area (Å²) in [6.07, 6.45) is 5.73. The van der Waals surface area contributed by atoms with Crippen LogP contribution in [0, 0.1) is 0 Å². The molecule has 1 rings (SSSR count). The Balaban J connectivity index is 2.30. The molecular weight excluding hydrogens is 290 g/mol. The minimum atomic E-state index is 0.438. The molecule has 0 spiro atoms. The van der Waals surface area contributed by atoms with Gasteiger partial charge in [-0.2, -0.15) is 10.2 Å². The van der Waals surface area contributed by atoms with Gasteiger partial charge in [0.25, 0.3) is 0 Å². The first-order chi connectivity index (χ1) is 10.3. The van der Waals surface area contributed by atoms with E-state index in [-0.39, 0.29) is 0 Å². The molecule has 0 radical (unpaired) electrons. The molecule has 0 aliphatic rings. The van der Waals surface area contributed by atoms with Gasteiger partial charge in [0.1, 0.15) is 5.17 Å². The van der Waals surface area contributed by atoms with Gasteiger partial charge in [-0.25, -0.2) is 0 Å². The highest BCUT2D eigenvalue weighted by atomic mass is 35.5. The van der Waals surface area contributed by atoms with E-state index in [1.165, 1.54) is 0 Å². The van der Waals surface area contributed by atoms with E-state index in [4.69, 9.17) is 16.3 Å². The quantitative estimate of drug-likeness (QED) is 0.379. The zero-order chi connectivity index (χ0) is 15.3. The molecule has 0 saturated carbocycles. The Labute approximate surface area is 130 Å². The Morgan fingerprint density at radius 1 is 1.19 bits per heavy atom. The molecule has 6 nitrogen and oxygen atoms in total. The van der Waals surface area contributed by atoms with Gasteiger partial charge in [0, 0.05) is 32.5 Å². The Kier molecular flexibility index (Phi) is 9.48. The number of nitrogens with zero attached hydrogens (tertiary/aromatic N) is 5. The van der Waals surface area contributed by atoms with Crippen molar-refractivity contribution in [2.75, 3.05) is 26.7 Å². The van der Waals surface area contributed by atoms with Crippen LogP contribution in [0.25, 0.3) is 0 Å². The number of halogens is 1. The van der Waals surface area contributed by atoms with Crippen LogP contribution in [0.4, 0.5) is 0 Å². The predicted molar refractivity (Wildman–Crippen MR) is 84.1 cm³/mol. The summed E-state index contributed by atoms with van der Waals surface area (Å²) in [6, 6.07) is 0.